The smallest absolute Gasteiger partial charge is 0.405 e. The number of benzene rings is 1. The van der Waals surface area contributed by atoms with Crippen molar-refractivity contribution in [3.8, 4) is 5.75 Å². The van der Waals surface area contributed by atoms with Gasteiger partial charge in [-0.1, -0.05) is 0 Å². The summed E-state index contributed by atoms with van der Waals surface area (Å²) in [5.74, 6) is -4.91. The number of alkyl halides is 3. The van der Waals surface area contributed by atoms with E-state index in [2.05, 4.69) is 0 Å². The summed E-state index contributed by atoms with van der Waals surface area (Å²) in [5.41, 5.74) is 0.398. The fraction of sp³-hybridized carbons (Fsp3) is 0.417. The average Bonchev–Trinajstić information content (AvgIpc) is 2.29. The lowest BCUT2D eigenvalue weighted by molar-refractivity contribution is -0.385. The van der Waals surface area contributed by atoms with Gasteiger partial charge in [0, 0.05) is 5.56 Å². The van der Waals surface area contributed by atoms with E-state index in [0.29, 0.717) is 11.1 Å². The van der Waals surface area contributed by atoms with Gasteiger partial charge in [0.25, 0.3) is 5.69 Å². The van der Waals surface area contributed by atoms with Crippen LogP contribution in [0.4, 0.5) is 18.9 Å². The number of rotatable bonds is 5. The van der Waals surface area contributed by atoms with Gasteiger partial charge in [-0.2, -0.15) is 13.2 Å². The maximum absolute atomic E-state index is 12.5. The van der Waals surface area contributed by atoms with Crippen LogP contribution in [0, 0.1) is 29.9 Å². The molecule has 0 amide bonds. The molecule has 0 aliphatic carbocycles. The van der Waals surface area contributed by atoms with Crippen molar-refractivity contribution in [3.05, 3.63) is 33.4 Å². The molecule has 0 radical (unpaired) electrons. The first-order valence-electron chi connectivity index (χ1n) is 5.72. The molecule has 21 heavy (non-hydrogen) atoms. The number of nitro groups is 1. The van der Waals surface area contributed by atoms with Crippen LogP contribution >= 0.6 is 0 Å². The molecular weight excluding hydrogens is 295 g/mol. The molecule has 1 atom stereocenters. The van der Waals surface area contributed by atoms with Crippen molar-refractivity contribution in [1.82, 2.24) is 0 Å². The Bertz CT molecular complexity index is 571. The molecule has 1 unspecified atom stereocenters. The summed E-state index contributed by atoms with van der Waals surface area (Å²) >= 11 is 0. The summed E-state index contributed by atoms with van der Waals surface area (Å²) in [4.78, 5) is 20.6. The number of ether oxygens (including phenoxy) is 1. The summed E-state index contributed by atoms with van der Waals surface area (Å²) in [5, 5.41) is 19.3. The second-order valence-electron chi connectivity index (χ2n) is 4.40. The summed E-state index contributed by atoms with van der Waals surface area (Å²) < 4.78 is 42.3. The lowest BCUT2D eigenvalue weighted by Gasteiger charge is -2.17. The third-order valence-corrected chi connectivity index (χ3v) is 2.79. The predicted octanol–water partition coefficient (Wildman–Crippen LogP) is 2.85. The van der Waals surface area contributed by atoms with Crippen LogP contribution in [0.25, 0.3) is 0 Å². The van der Waals surface area contributed by atoms with E-state index in [1.807, 2.05) is 0 Å². The topological polar surface area (TPSA) is 89.7 Å². The van der Waals surface area contributed by atoms with Crippen LogP contribution in [0.5, 0.6) is 5.75 Å². The number of carboxylic acids is 1. The van der Waals surface area contributed by atoms with Crippen LogP contribution in [0.1, 0.15) is 11.1 Å². The normalized spacial score (nSPS) is 12.8. The zero-order chi connectivity index (χ0) is 16.4. The van der Waals surface area contributed by atoms with Crippen LogP contribution in [-0.4, -0.2) is 28.8 Å². The Balaban J connectivity index is 3.00. The van der Waals surface area contributed by atoms with Crippen LogP contribution in [0.2, 0.25) is 0 Å². The molecule has 1 rings (SSSR count). The molecule has 116 valence electrons. The molecule has 0 spiro atoms. The van der Waals surface area contributed by atoms with E-state index in [0.717, 1.165) is 6.07 Å². The number of halogens is 3. The Hall–Kier alpha value is -2.32. The highest BCUT2D eigenvalue weighted by atomic mass is 19.4. The standard InChI is InChI=1S/C12H12F3NO5/c1-6-3-7(2)10(4-9(6)16(19)20)21-5-8(11(17)18)12(13,14)15/h3-4,8H,5H2,1-2H3,(H,17,18). The first kappa shape index (κ1) is 16.7. The van der Waals surface area contributed by atoms with Gasteiger partial charge in [0.05, 0.1) is 11.0 Å². The fourth-order valence-corrected chi connectivity index (χ4v) is 1.65. The monoisotopic (exact) mass is 307 g/mol. The molecule has 0 aliphatic rings. The van der Waals surface area contributed by atoms with Gasteiger partial charge in [0.1, 0.15) is 12.4 Å². The van der Waals surface area contributed by atoms with Crippen molar-refractivity contribution in [2.24, 2.45) is 5.92 Å². The molecule has 1 aromatic carbocycles. The Kier molecular flexibility index (Phi) is 4.77. The number of nitrogens with zero attached hydrogens (tertiary/aromatic N) is 1. The fourth-order valence-electron chi connectivity index (χ4n) is 1.65. The van der Waals surface area contributed by atoms with Crippen molar-refractivity contribution in [1.29, 1.82) is 0 Å². The van der Waals surface area contributed by atoms with E-state index in [1.165, 1.54) is 19.9 Å². The van der Waals surface area contributed by atoms with Crippen LogP contribution in [0.15, 0.2) is 12.1 Å². The number of hydrogen-bond donors (Lipinski definition) is 1. The van der Waals surface area contributed by atoms with E-state index in [9.17, 15) is 28.1 Å². The zero-order valence-corrected chi connectivity index (χ0v) is 11.1. The van der Waals surface area contributed by atoms with Gasteiger partial charge in [-0.05, 0) is 25.5 Å². The minimum atomic E-state index is -4.96. The summed E-state index contributed by atoms with van der Waals surface area (Å²) in [6.45, 7) is 1.82. The Morgan fingerprint density at radius 2 is 1.95 bits per heavy atom. The molecule has 0 saturated heterocycles. The zero-order valence-electron chi connectivity index (χ0n) is 11.1. The van der Waals surface area contributed by atoms with E-state index in [4.69, 9.17) is 9.84 Å². The van der Waals surface area contributed by atoms with Crippen LogP contribution in [0.3, 0.4) is 0 Å². The number of carboxylic acid groups (broad SMARTS) is 1. The lowest BCUT2D eigenvalue weighted by Crippen LogP contribution is -2.35. The van der Waals surface area contributed by atoms with Gasteiger partial charge in [0.2, 0.25) is 0 Å². The largest absolute Gasteiger partial charge is 0.492 e. The minimum Gasteiger partial charge on any atom is -0.492 e. The number of carbonyl (C=O) groups is 1. The lowest BCUT2D eigenvalue weighted by atomic mass is 10.1. The summed E-state index contributed by atoms with van der Waals surface area (Å²) in [7, 11) is 0. The van der Waals surface area contributed by atoms with Gasteiger partial charge in [-0.25, -0.2) is 0 Å². The predicted molar refractivity (Wildman–Crippen MR) is 65.2 cm³/mol. The number of hydrogen-bond acceptors (Lipinski definition) is 4. The van der Waals surface area contributed by atoms with Crippen LogP contribution < -0.4 is 4.74 Å². The Morgan fingerprint density at radius 3 is 2.38 bits per heavy atom. The maximum Gasteiger partial charge on any atom is 0.405 e. The highest BCUT2D eigenvalue weighted by Crippen LogP contribution is 2.31. The molecule has 9 heteroatoms. The van der Waals surface area contributed by atoms with Gasteiger partial charge in [0.15, 0.2) is 5.92 Å². The van der Waals surface area contributed by atoms with E-state index in [1.54, 1.807) is 0 Å². The Labute approximate surface area is 117 Å². The van der Waals surface area contributed by atoms with E-state index >= 15 is 0 Å². The number of nitro benzene ring substituents is 1. The molecular formula is C12H12F3NO5. The molecule has 0 aliphatic heterocycles. The Morgan fingerprint density at radius 1 is 1.38 bits per heavy atom. The van der Waals surface area contributed by atoms with Crippen molar-refractivity contribution >= 4 is 11.7 Å². The van der Waals surface area contributed by atoms with E-state index in [-0.39, 0.29) is 11.4 Å². The SMILES string of the molecule is Cc1cc(C)c([N+](=O)[O-])cc1OCC(C(=O)O)C(F)(F)F. The third kappa shape index (κ3) is 4.07. The molecule has 0 heterocycles. The molecule has 0 aromatic heterocycles. The summed E-state index contributed by atoms with van der Waals surface area (Å²) in [6, 6.07) is 2.37. The highest BCUT2D eigenvalue weighted by molar-refractivity contribution is 5.71. The molecule has 0 fully saturated rings. The second-order valence-corrected chi connectivity index (χ2v) is 4.40. The quantitative estimate of drug-likeness (QED) is 0.667. The second kappa shape index (κ2) is 5.98. The molecule has 1 aromatic rings. The highest BCUT2D eigenvalue weighted by Gasteiger charge is 2.45. The molecule has 0 saturated carbocycles. The maximum atomic E-state index is 12.5. The van der Waals surface area contributed by atoms with Gasteiger partial charge >= 0.3 is 12.1 Å². The molecule has 0 bridgehead atoms. The van der Waals surface area contributed by atoms with Crippen molar-refractivity contribution in [2.75, 3.05) is 6.61 Å². The molecule has 1 N–H and O–H groups in total. The number of aryl methyl sites for hydroxylation is 2. The van der Waals surface area contributed by atoms with Crippen molar-refractivity contribution < 1.29 is 32.7 Å². The first-order chi connectivity index (χ1) is 9.54. The molecule has 6 nitrogen and oxygen atoms in total. The first-order valence-corrected chi connectivity index (χ1v) is 5.72. The minimum absolute atomic E-state index is 0.150. The average molecular weight is 307 g/mol. The van der Waals surface area contributed by atoms with Crippen molar-refractivity contribution in [3.63, 3.8) is 0 Å². The van der Waals surface area contributed by atoms with Gasteiger partial charge in [-0.3, -0.25) is 14.9 Å². The van der Waals surface area contributed by atoms with E-state index < -0.39 is 29.6 Å². The van der Waals surface area contributed by atoms with Gasteiger partial charge < -0.3 is 9.84 Å². The third-order valence-electron chi connectivity index (χ3n) is 2.79. The van der Waals surface area contributed by atoms with Gasteiger partial charge in [-0.15, -0.1) is 0 Å². The van der Waals surface area contributed by atoms with Crippen LogP contribution in [-0.2, 0) is 4.79 Å². The van der Waals surface area contributed by atoms with Crippen molar-refractivity contribution in [2.45, 2.75) is 20.0 Å². The number of aliphatic carboxylic acids is 1. The summed E-state index contributed by atoms with van der Waals surface area (Å²) in [6.07, 6.45) is -4.96.